The number of likely N-dealkylation sites (N-methyl/N-ethyl adjacent to an activating group) is 1. The smallest absolute Gasteiger partial charge is 0.263 e. The third kappa shape index (κ3) is 3.88. The first-order valence-corrected chi connectivity index (χ1v) is 8.35. The Balaban J connectivity index is 1.76. The third-order valence-corrected chi connectivity index (χ3v) is 4.33. The van der Waals surface area contributed by atoms with Crippen molar-refractivity contribution in [2.75, 3.05) is 13.1 Å². The topological polar surface area (TPSA) is 107 Å². The number of carbonyl (C=O) groups is 1. The molecule has 1 atom stereocenters. The van der Waals surface area contributed by atoms with Crippen molar-refractivity contribution in [3.05, 3.63) is 57.8 Å². The second kappa shape index (κ2) is 7.06. The van der Waals surface area contributed by atoms with Gasteiger partial charge in [0, 0.05) is 18.7 Å². The van der Waals surface area contributed by atoms with Crippen LogP contribution in [0.15, 0.2) is 35.3 Å². The Morgan fingerprint density at radius 3 is 2.80 bits per heavy atom. The molecule has 0 radical (unpaired) electrons. The summed E-state index contributed by atoms with van der Waals surface area (Å²) in [5, 5.41) is 19.8. The molecule has 0 saturated heterocycles. The fourth-order valence-electron chi connectivity index (χ4n) is 2.70. The van der Waals surface area contributed by atoms with Crippen molar-refractivity contribution >= 4 is 5.91 Å². The first-order chi connectivity index (χ1) is 12.0. The first kappa shape index (κ1) is 17.2. The van der Waals surface area contributed by atoms with Crippen LogP contribution >= 0.6 is 0 Å². The number of carbonyl (C=O) groups excluding carboxylic acids is 1. The van der Waals surface area contributed by atoms with E-state index >= 15 is 0 Å². The number of hydrogen-bond acceptors (Lipinski definition) is 5. The molecule has 1 aromatic carbocycles. The van der Waals surface area contributed by atoms with Gasteiger partial charge in [-0.05, 0) is 37.5 Å². The molecule has 1 aliphatic rings. The Bertz CT molecular complexity index is 829. The van der Waals surface area contributed by atoms with Gasteiger partial charge in [0.15, 0.2) is 0 Å². The van der Waals surface area contributed by atoms with Gasteiger partial charge in [0.05, 0.1) is 12.6 Å². The van der Waals surface area contributed by atoms with E-state index in [0.29, 0.717) is 23.9 Å². The lowest BCUT2D eigenvalue weighted by molar-refractivity contribution is 0.0632. The zero-order valence-electron chi connectivity index (χ0n) is 14.0. The molecule has 7 heteroatoms. The summed E-state index contributed by atoms with van der Waals surface area (Å²) in [7, 11) is 0. The number of aliphatic hydroxyl groups is 1. The fourth-order valence-corrected chi connectivity index (χ4v) is 2.70. The number of benzene rings is 1. The molecular formula is C18H21N3O4. The van der Waals surface area contributed by atoms with Crippen molar-refractivity contribution in [2.24, 2.45) is 0 Å². The molecule has 1 unspecified atom stereocenters. The van der Waals surface area contributed by atoms with E-state index in [9.17, 15) is 19.8 Å². The van der Waals surface area contributed by atoms with Crippen LogP contribution in [0.4, 0.5) is 0 Å². The summed E-state index contributed by atoms with van der Waals surface area (Å²) >= 11 is 0. The van der Waals surface area contributed by atoms with Crippen LogP contribution in [0.3, 0.4) is 0 Å². The van der Waals surface area contributed by atoms with E-state index in [-0.39, 0.29) is 17.9 Å². The molecule has 25 heavy (non-hydrogen) atoms. The molecule has 1 saturated carbocycles. The highest BCUT2D eigenvalue weighted by molar-refractivity contribution is 5.93. The average molecular weight is 343 g/mol. The van der Waals surface area contributed by atoms with Gasteiger partial charge in [-0.3, -0.25) is 9.59 Å². The van der Waals surface area contributed by atoms with Crippen LogP contribution in [0, 0.1) is 0 Å². The number of aliphatic hydroxyl groups excluding tert-OH is 1. The summed E-state index contributed by atoms with van der Waals surface area (Å²) in [6.07, 6.45) is 2.37. The van der Waals surface area contributed by atoms with E-state index < -0.39 is 17.6 Å². The number of hydrogen-bond donors (Lipinski definition) is 3. The normalized spacial score (nSPS) is 15.0. The van der Waals surface area contributed by atoms with Crippen molar-refractivity contribution in [1.82, 2.24) is 14.9 Å². The predicted molar refractivity (Wildman–Crippen MR) is 91.5 cm³/mol. The van der Waals surface area contributed by atoms with Crippen LogP contribution in [-0.4, -0.2) is 44.1 Å². The Morgan fingerprint density at radius 2 is 2.20 bits per heavy atom. The SMILES string of the molecule is CCN(CC(O)c1cccc(O)c1)C(=O)c1cnc(C2CC2)[nH]c1=O. The number of aromatic nitrogens is 2. The van der Waals surface area contributed by atoms with Gasteiger partial charge in [-0.2, -0.15) is 0 Å². The highest BCUT2D eigenvalue weighted by atomic mass is 16.3. The van der Waals surface area contributed by atoms with Gasteiger partial charge in [0.2, 0.25) is 0 Å². The second-order valence-corrected chi connectivity index (χ2v) is 6.24. The molecule has 7 nitrogen and oxygen atoms in total. The molecule has 1 fully saturated rings. The minimum Gasteiger partial charge on any atom is -0.508 e. The Kier molecular flexibility index (Phi) is 4.85. The van der Waals surface area contributed by atoms with Gasteiger partial charge >= 0.3 is 0 Å². The van der Waals surface area contributed by atoms with E-state index in [1.807, 2.05) is 0 Å². The molecule has 0 aliphatic heterocycles. The summed E-state index contributed by atoms with van der Waals surface area (Å²) in [6.45, 7) is 2.12. The maximum absolute atomic E-state index is 12.6. The van der Waals surface area contributed by atoms with Crippen molar-refractivity contribution in [3.8, 4) is 5.75 Å². The van der Waals surface area contributed by atoms with Crippen molar-refractivity contribution in [3.63, 3.8) is 0 Å². The quantitative estimate of drug-likeness (QED) is 0.738. The average Bonchev–Trinajstić information content (AvgIpc) is 3.44. The van der Waals surface area contributed by atoms with Crippen molar-refractivity contribution in [1.29, 1.82) is 0 Å². The van der Waals surface area contributed by atoms with Crippen LogP contribution in [-0.2, 0) is 0 Å². The van der Waals surface area contributed by atoms with Crippen molar-refractivity contribution < 1.29 is 15.0 Å². The zero-order valence-corrected chi connectivity index (χ0v) is 14.0. The summed E-state index contributed by atoms with van der Waals surface area (Å²) in [5.41, 5.74) is 0.0175. The minimum absolute atomic E-state index is 0.0165. The molecule has 1 amide bonds. The first-order valence-electron chi connectivity index (χ1n) is 8.35. The standard InChI is InChI=1S/C18H21N3O4/c1-2-21(10-15(23)12-4-3-5-13(22)8-12)18(25)14-9-19-16(11-6-7-11)20-17(14)24/h3-5,8-9,11,15,22-23H,2,6-7,10H2,1H3,(H,19,20,24). The summed E-state index contributed by atoms with van der Waals surface area (Å²) in [5.74, 6) is 0.496. The molecule has 0 bridgehead atoms. The minimum atomic E-state index is -0.964. The number of phenolic OH excluding ortho intramolecular Hbond substituents is 1. The second-order valence-electron chi connectivity index (χ2n) is 6.24. The highest BCUT2D eigenvalue weighted by Gasteiger charge is 2.27. The lowest BCUT2D eigenvalue weighted by Gasteiger charge is -2.24. The molecular weight excluding hydrogens is 322 g/mol. The van der Waals surface area contributed by atoms with E-state index in [0.717, 1.165) is 12.8 Å². The number of nitrogens with zero attached hydrogens (tertiary/aromatic N) is 2. The largest absolute Gasteiger partial charge is 0.508 e. The highest BCUT2D eigenvalue weighted by Crippen LogP contribution is 2.37. The Hall–Kier alpha value is -2.67. The predicted octanol–water partition coefficient (Wildman–Crippen LogP) is 1.55. The molecule has 2 aromatic rings. The van der Waals surface area contributed by atoms with E-state index in [1.165, 1.54) is 23.2 Å². The number of amides is 1. The molecule has 3 rings (SSSR count). The van der Waals surface area contributed by atoms with Gasteiger partial charge < -0.3 is 20.1 Å². The monoisotopic (exact) mass is 343 g/mol. The Morgan fingerprint density at radius 1 is 1.44 bits per heavy atom. The number of nitrogens with one attached hydrogen (secondary N) is 1. The third-order valence-electron chi connectivity index (χ3n) is 4.33. The van der Waals surface area contributed by atoms with E-state index in [4.69, 9.17) is 0 Å². The lowest BCUT2D eigenvalue weighted by Crippen LogP contribution is -2.37. The zero-order chi connectivity index (χ0) is 18.0. The Labute approximate surface area is 145 Å². The van der Waals surface area contributed by atoms with Crippen LogP contribution < -0.4 is 5.56 Å². The number of H-pyrrole nitrogens is 1. The maximum Gasteiger partial charge on any atom is 0.263 e. The molecule has 1 aromatic heterocycles. The summed E-state index contributed by atoms with van der Waals surface area (Å²) < 4.78 is 0. The molecule has 0 spiro atoms. The van der Waals surface area contributed by atoms with E-state index in [2.05, 4.69) is 9.97 Å². The number of aromatic hydroxyl groups is 1. The molecule has 1 aliphatic carbocycles. The number of phenols is 1. The summed E-state index contributed by atoms with van der Waals surface area (Å²) in [4.78, 5) is 33.1. The van der Waals surface area contributed by atoms with Crippen LogP contribution in [0.5, 0.6) is 5.75 Å². The van der Waals surface area contributed by atoms with Crippen molar-refractivity contribution in [2.45, 2.75) is 31.8 Å². The van der Waals surface area contributed by atoms with Crippen LogP contribution in [0.25, 0.3) is 0 Å². The summed E-state index contributed by atoms with van der Waals surface area (Å²) in [6, 6.07) is 6.24. The molecule has 132 valence electrons. The van der Waals surface area contributed by atoms with E-state index in [1.54, 1.807) is 19.1 Å². The van der Waals surface area contributed by atoms with Gasteiger partial charge in [-0.15, -0.1) is 0 Å². The van der Waals surface area contributed by atoms with Crippen LogP contribution in [0.1, 0.15) is 53.5 Å². The maximum atomic E-state index is 12.6. The van der Waals surface area contributed by atoms with Gasteiger partial charge in [0.25, 0.3) is 11.5 Å². The van der Waals surface area contributed by atoms with Gasteiger partial charge in [-0.1, -0.05) is 12.1 Å². The van der Waals surface area contributed by atoms with Gasteiger partial charge in [0.1, 0.15) is 17.1 Å². The van der Waals surface area contributed by atoms with Crippen LogP contribution in [0.2, 0.25) is 0 Å². The molecule has 1 heterocycles. The van der Waals surface area contributed by atoms with Gasteiger partial charge in [-0.25, -0.2) is 4.98 Å². The number of rotatable bonds is 6. The molecule has 3 N–H and O–H groups in total. The fraction of sp³-hybridized carbons (Fsp3) is 0.389. The lowest BCUT2D eigenvalue weighted by atomic mass is 10.1. The number of aromatic amines is 1.